The van der Waals surface area contributed by atoms with E-state index in [4.69, 9.17) is 5.10 Å². The maximum absolute atomic E-state index is 5.00. The molecule has 1 aromatic carbocycles. The summed E-state index contributed by atoms with van der Waals surface area (Å²) in [5, 5.41) is 5.00. The van der Waals surface area contributed by atoms with Gasteiger partial charge in [0.2, 0.25) is 0 Å². The first kappa shape index (κ1) is 19.2. The van der Waals surface area contributed by atoms with Crippen molar-refractivity contribution >= 4 is 0 Å². The average Bonchev–Trinajstić information content (AvgIpc) is 2.80. The van der Waals surface area contributed by atoms with E-state index in [1.54, 1.807) is 0 Å². The van der Waals surface area contributed by atoms with Gasteiger partial charge >= 0.3 is 0 Å². The van der Waals surface area contributed by atoms with Crippen molar-refractivity contribution in [2.75, 3.05) is 0 Å². The molecular weight excluding hydrogens is 451 g/mol. The summed E-state index contributed by atoms with van der Waals surface area (Å²) in [6.45, 7) is 15.7. The summed E-state index contributed by atoms with van der Waals surface area (Å²) in [6.07, 6.45) is 0. The van der Waals surface area contributed by atoms with Crippen LogP contribution in [0.5, 0.6) is 0 Å². The summed E-state index contributed by atoms with van der Waals surface area (Å²) < 4.78 is 2.22. The SMILES string of the molecule is CC(C)c1c(-c2ccccc2)c(C(C)(C)C)nn1C(C)C.[Pt]. The predicted molar refractivity (Wildman–Crippen MR) is 90.8 cm³/mol. The van der Waals surface area contributed by atoms with Gasteiger partial charge in [-0.1, -0.05) is 65.0 Å². The van der Waals surface area contributed by atoms with Crippen LogP contribution < -0.4 is 0 Å². The minimum Gasteiger partial charge on any atom is -0.266 e. The number of hydrogen-bond acceptors (Lipinski definition) is 1. The topological polar surface area (TPSA) is 17.8 Å². The zero-order chi connectivity index (χ0) is 15.8. The van der Waals surface area contributed by atoms with Crippen LogP contribution in [-0.4, -0.2) is 9.78 Å². The van der Waals surface area contributed by atoms with Gasteiger partial charge in [0.15, 0.2) is 0 Å². The van der Waals surface area contributed by atoms with E-state index in [1.807, 2.05) is 0 Å². The minimum atomic E-state index is 0. The fourth-order valence-corrected chi connectivity index (χ4v) is 2.81. The van der Waals surface area contributed by atoms with Gasteiger partial charge in [-0.3, -0.25) is 4.68 Å². The Labute approximate surface area is 149 Å². The molecule has 124 valence electrons. The van der Waals surface area contributed by atoms with E-state index in [1.165, 1.54) is 22.5 Å². The molecule has 0 spiro atoms. The second kappa shape index (κ2) is 7.13. The number of nitrogens with zero attached hydrogens (tertiary/aromatic N) is 2. The van der Waals surface area contributed by atoms with Gasteiger partial charge in [0, 0.05) is 43.8 Å². The Morgan fingerprint density at radius 3 is 1.91 bits per heavy atom. The van der Waals surface area contributed by atoms with Crippen molar-refractivity contribution in [1.82, 2.24) is 9.78 Å². The Kier molecular flexibility index (Phi) is 6.21. The monoisotopic (exact) mass is 479 g/mol. The molecule has 0 aliphatic rings. The van der Waals surface area contributed by atoms with Crippen LogP contribution in [0.4, 0.5) is 0 Å². The van der Waals surface area contributed by atoms with Gasteiger partial charge < -0.3 is 0 Å². The molecule has 1 aromatic heterocycles. The molecule has 0 saturated heterocycles. The van der Waals surface area contributed by atoms with E-state index in [0.717, 1.165) is 0 Å². The molecule has 0 aliphatic carbocycles. The van der Waals surface area contributed by atoms with Gasteiger partial charge in [-0.05, 0) is 25.3 Å². The summed E-state index contributed by atoms with van der Waals surface area (Å²) in [4.78, 5) is 0. The summed E-state index contributed by atoms with van der Waals surface area (Å²) >= 11 is 0. The Bertz CT molecular complexity index is 604. The average molecular weight is 480 g/mol. The van der Waals surface area contributed by atoms with Gasteiger partial charge in [0.05, 0.1) is 5.69 Å². The minimum absolute atomic E-state index is 0. The van der Waals surface area contributed by atoms with E-state index in [-0.39, 0.29) is 26.5 Å². The molecule has 3 heteroatoms. The standard InChI is InChI=1S/C19H28N2.Pt/c1-13(2)17-16(15-11-9-8-10-12-15)18(19(5,6)7)20-21(17)14(3)4;/h8-14H,1-7H3;. The van der Waals surface area contributed by atoms with Gasteiger partial charge in [0.1, 0.15) is 0 Å². The summed E-state index contributed by atoms with van der Waals surface area (Å²) in [5.41, 5.74) is 5.19. The third-order valence-electron chi connectivity index (χ3n) is 3.76. The molecular formula is C19H28N2Pt. The maximum atomic E-state index is 5.00. The molecule has 0 atom stereocenters. The molecule has 0 saturated carbocycles. The first-order chi connectivity index (χ1) is 9.73. The van der Waals surface area contributed by atoms with E-state index in [9.17, 15) is 0 Å². The number of benzene rings is 1. The van der Waals surface area contributed by atoms with Crippen molar-refractivity contribution in [3.05, 3.63) is 41.7 Å². The van der Waals surface area contributed by atoms with Gasteiger partial charge in [-0.25, -0.2) is 0 Å². The van der Waals surface area contributed by atoms with Crippen LogP contribution in [0.1, 0.15) is 71.8 Å². The molecule has 0 fully saturated rings. The zero-order valence-corrected chi connectivity index (χ0v) is 17.0. The van der Waals surface area contributed by atoms with Crippen LogP contribution in [0, 0.1) is 0 Å². The Morgan fingerprint density at radius 2 is 1.50 bits per heavy atom. The fraction of sp³-hybridized carbons (Fsp3) is 0.526. The smallest absolute Gasteiger partial charge is 0.0759 e. The molecule has 0 aliphatic heterocycles. The van der Waals surface area contributed by atoms with Crippen LogP contribution in [0.25, 0.3) is 11.1 Å². The van der Waals surface area contributed by atoms with E-state index >= 15 is 0 Å². The third kappa shape index (κ3) is 3.71. The van der Waals surface area contributed by atoms with Crippen LogP contribution >= 0.6 is 0 Å². The van der Waals surface area contributed by atoms with Crippen molar-refractivity contribution in [1.29, 1.82) is 0 Å². The summed E-state index contributed by atoms with van der Waals surface area (Å²) in [6, 6.07) is 11.1. The molecule has 0 amide bonds. The van der Waals surface area contributed by atoms with Crippen molar-refractivity contribution < 1.29 is 21.1 Å². The van der Waals surface area contributed by atoms with Crippen LogP contribution in [-0.2, 0) is 26.5 Å². The van der Waals surface area contributed by atoms with Crippen molar-refractivity contribution in [2.24, 2.45) is 0 Å². The Balaban J connectivity index is 0.00000242. The zero-order valence-electron chi connectivity index (χ0n) is 14.8. The van der Waals surface area contributed by atoms with E-state index in [0.29, 0.717) is 12.0 Å². The van der Waals surface area contributed by atoms with Crippen LogP contribution in [0.2, 0.25) is 0 Å². The molecule has 2 nitrogen and oxygen atoms in total. The van der Waals surface area contributed by atoms with Gasteiger partial charge in [-0.2, -0.15) is 5.10 Å². The third-order valence-corrected chi connectivity index (χ3v) is 3.76. The van der Waals surface area contributed by atoms with Crippen molar-refractivity contribution in [3.63, 3.8) is 0 Å². The molecule has 2 aromatic rings. The Morgan fingerprint density at radius 1 is 0.955 bits per heavy atom. The molecule has 0 unspecified atom stereocenters. The molecule has 1 heterocycles. The largest absolute Gasteiger partial charge is 0.266 e. The van der Waals surface area contributed by atoms with Crippen molar-refractivity contribution in [3.8, 4) is 11.1 Å². The predicted octanol–water partition coefficient (Wildman–Crippen LogP) is 5.55. The van der Waals surface area contributed by atoms with Crippen molar-refractivity contribution in [2.45, 2.75) is 65.8 Å². The molecule has 2 rings (SSSR count). The quantitative estimate of drug-likeness (QED) is 0.565. The van der Waals surface area contributed by atoms with Gasteiger partial charge in [-0.15, -0.1) is 0 Å². The number of hydrogen-bond donors (Lipinski definition) is 0. The normalized spacial score (nSPS) is 11.9. The van der Waals surface area contributed by atoms with E-state index in [2.05, 4.69) is 83.5 Å². The molecule has 0 radical (unpaired) electrons. The first-order valence-electron chi connectivity index (χ1n) is 7.91. The molecule has 0 bridgehead atoms. The van der Waals surface area contributed by atoms with Gasteiger partial charge in [0.25, 0.3) is 0 Å². The summed E-state index contributed by atoms with van der Waals surface area (Å²) in [5.74, 6) is 0.450. The first-order valence-corrected chi connectivity index (χ1v) is 7.91. The number of rotatable bonds is 3. The molecule has 22 heavy (non-hydrogen) atoms. The second-order valence-electron chi connectivity index (χ2n) is 7.42. The van der Waals surface area contributed by atoms with Crippen LogP contribution in [0.15, 0.2) is 30.3 Å². The molecule has 0 N–H and O–H groups in total. The second-order valence-corrected chi connectivity index (χ2v) is 7.42. The number of aromatic nitrogens is 2. The van der Waals surface area contributed by atoms with Crippen LogP contribution in [0.3, 0.4) is 0 Å². The maximum Gasteiger partial charge on any atom is 0.0759 e. The Hall–Kier alpha value is -0.882. The van der Waals surface area contributed by atoms with E-state index < -0.39 is 0 Å². The fourth-order valence-electron chi connectivity index (χ4n) is 2.81. The summed E-state index contributed by atoms with van der Waals surface area (Å²) in [7, 11) is 0.